The molecule has 2 heterocycles. The lowest BCUT2D eigenvalue weighted by molar-refractivity contribution is -0.130. The molecular weight excluding hydrogens is 366 g/mol. The van der Waals surface area contributed by atoms with Crippen molar-refractivity contribution in [3.05, 3.63) is 58.7 Å². The summed E-state index contributed by atoms with van der Waals surface area (Å²) in [4.78, 5) is 21.9. The zero-order valence-corrected chi connectivity index (χ0v) is 17.7. The SMILES string of the molecule is CCc1ccc(CC(=O)N2CCN(c3nc4c(C)cc(C)cc4s3)CC2)cc1. The van der Waals surface area contributed by atoms with E-state index in [1.807, 2.05) is 4.90 Å². The Labute approximate surface area is 170 Å². The Morgan fingerprint density at radius 3 is 2.39 bits per heavy atom. The van der Waals surface area contributed by atoms with Gasteiger partial charge in [0.05, 0.1) is 16.6 Å². The molecule has 0 atom stereocenters. The number of nitrogens with zero attached hydrogens (tertiary/aromatic N) is 3. The van der Waals surface area contributed by atoms with Crippen LogP contribution in [-0.2, 0) is 17.6 Å². The van der Waals surface area contributed by atoms with Crippen molar-refractivity contribution in [2.75, 3.05) is 31.1 Å². The number of aromatic nitrogens is 1. The van der Waals surface area contributed by atoms with E-state index in [4.69, 9.17) is 4.98 Å². The second-order valence-corrected chi connectivity index (χ2v) is 8.65. The smallest absolute Gasteiger partial charge is 0.227 e. The van der Waals surface area contributed by atoms with Gasteiger partial charge in [0.2, 0.25) is 5.91 Å². The van der Waals surface area contributed by atoms with E-state index in [1.165, 1.54) is 21.4 Å². The fourth-order valence-corrected chi connectivity index (χ4v) is 5.01. The van der Waals surface area contributed by atoms with Crippen LogP contribution in [0.3, 0.4) is 0 Å². The maximum absolute atomic E-state index is 12.7. The molecular formula is C23H27N3OS. The fraction of sp³-hybridized carbons (Fsp3) is 0.391. The molecule has 1 fully saturated rings. The summed E-state index contributed by atoms with van der Waals surface area (Å²) in [6, 6.07) is 12.8. The van der Waals surface area contributed by atoms with Crippen molar-refractivity contribution in [2.45, 2.75) is 33.6 Å². The van der Waals surface area contributed by atoms with Gasteiger partial charge >= 0.3 is 0 Å². The third-order valence-corrected chi connectivity index (χ3v) is 6.57. The highest BCUT2D eigenvalue weighted by Gasteiger charge is 2.23. The van der Waals surface area contributed by atoms with Gasteiger partial charge in [0.1, 0.15) is 0 Å². The zero-order chi connectivity index (χ0) is 19.7. The van der Waals surface area contributed by atoms with E-state index in [-0.39, 0.29) is 5.91 Å². The summed E-state index contributed by atoms with van der Waals surface area (Å²) in [7, 11) is 0. The van der Waals surface area contributed by atoms with E-state index in [9.17, 15) is 4.79 Å². The summed E-state index contributed by atoms with van der Waals surface area (Å²) < 4.78 is 1.25. The lowest BCUT2D eigenvalue weighted by atomic mass is 10.1. The third kappa shape index (κ3) is 3.90. The molecule has 0 unspecified atom stereocenters. The van der Waals surface area contributed by atoms with E-state index in [0.29, 0.717) is 6.42 Å². The quantitative estimate of drug-likeness (QED) is 0.660. The van der Waals surface area contributed by atoms with Gasteiger partial charge in [0.25, 0.3) is 0 Å². The molecule has 5 heteroatoms. The first-order valence-electron chi connectivity index (χ1n) is 10.0. The van der Waals surface area contributed by atoms with Crippen LogP contribution in [-0.4, -0.2) is 42.0 Å². The Morgan fingerprint density at radius 1 is 1.04 bits per heavy atom. The van der Waals surface area contributed by atoms with Crippen LogP contribution in [0.5, 0.6) is 0 Å². The van der Waals surface area contributed by atoms with Crippen LogP contribution < -0.4 is 4.90 Å². The van der Waals surface area contributed by atoms with Crippen molar-refractivity contribution < 1.29 is 4.79 Å². The molecule has 1 aliphatic heterocycles. The first-order valence-corrected chi connectivity index (χ1v) is 10.8. The summed E-state index contributed by atoms with van der Waals surface area (Å²) >= 11 is 1.76. The summed E-state index contributed by atoms with van der Waals surface area (Å²) in [5, 5.41) is 1.07. The third-order valence-electron chi connectivity index (χ3n) is 5.51. The Bertz CT molecular complexity index is 985. The van der Waals surface area contributed by atoms with E-state index in [1.54, 1.807) is 11.3 Å². The molecule has 0 bridgehead atoms. The van der Waals surface area contributed by atoms with Crippen LogP contribution in [0.15, 0.2) is 36.4 Å². The molecule has 0 spiro atoms. The van der Waals surface area contributed by atoms with Crippen molar-refractivity contribution in [1.82, 2.24) is 9.88 Å². The molecule has 1 amide bonds. The molecule has 1 aliphatic rings. The lowest BCUT2D eigenvalue weighted by Gasteiger charge is -2.34. The van der Waals surface area contributed by atoms with Gasteiger partial charge in [-0.2, -0.15) is 0 Å². The molecule has 28 heavy (non-hydrogen) atoms. The number of carbonyl (C=O) groups is 1. The number of thiazole rings is 1. The van der Waals surface area contributed by atoms with Crippen molar-refractivity contribution in [1.29, 1.82) is 0 Å². The van der Waals surface area contributed by atoms with Crippen LogP contribution in [0.4, 0.5) is 5.13 Å². The van der Waals surface area contributed by atoms with E-state index in [0.717, 1.165) is 48.8 Å². The van der Waals surface area contributed by atoms with Gasteiger partial charge in [-0.25, -0.2) is 4.98 Å². The molecule has 0 aliphatic carbocycles. The normalized spacial score (nSPS) is 14.7. The molecule has 0 N–H and O–H groups in total. The second kappa shape index (κ2) is 7.92. The van der Waals surface area contributed by atoms with Crippen molar-refractivity contribution in [3.8, 4) is 0 Å². The lowest BCUT2D eigenvalue weighted by Crippen LogP contribution is -2.49. The maximum Gasteiger partial charge on any atom is 0.227 e. The monoisotopic (exact) mass is 393 g/mol. The maximum atomic E-state index is 12.7. The van der Waals surface area contributed by atoms with Crippen LogP contribution >= 0.6 is 11.3 Å². The van der Waals surface area contributed by atoms with E-state index < -0.39 is 0 Å². The topological polar surface area (TPSA) is 36.4 Å². The van der Waals surface area contributed by atoms with Crippen molar-refractivity contribution >= 4 is 32.6 Å². The number of aryl methyl sites for hydroxylation is 3. The highest BCUT2D eigenvalue weighted by atomic mass is 32.1. The van der Waals surface area contributed by atoms with Gasteiger partial charge in [0, 0.05) is 26.2 Å². The number of anilines is 1. The number of piperazine rings is 1. The van der Waals surface area contributed by atoms with Gasteiger partial charge < -0.3 is 9.80 Å². The van der Waals surface area contributed by atoms with Crippen LogP contribution in [0.25, 0.3) is 10.2 Å². The number of hydrogen-bond donors (Lipinski definition) is 0. The minimum atomic E-state index is 0.222. The van der Waals surface area contributed by atoms with Crippen molar-refractivity contribution in [3.63, 3.8) is 0 Å². The zero-order valence-electron chi connectivity index (χ0n) is 16.9. The second-order valence-electron chi connectivity index (χ2n) is 7.64. The van der Waals surface area contributed by atoms with Gasteiger partial charge in [-0.1, -0.05) is 48.6 Å². The molecule has 4 nitrogen and oxygen atoms in total. The van der Waals surface area contributed by atoms with Crippen LogP contribution in [0.2, 0.25) is 0 Å². The minimum Gasteiger partial charge on any atom is -0.345 e. The molecule has 1 aromatic heterocycles. The fourth-order valence-electron chi connectivity index (χ4n) is 3.82. The van der Waals surface area contributed by atoms with Gasteiger partial charge in [-0.15, -0.1) is 0 Å². The average molecular weight is 394 g/mol. The predicted octanol–water partition coefficient (Wildman–Crippen LogP) is 4.37. The highest BCUT2D eigenvalue weighted by Crippen LogP contribution is 2.32. The molecule has 3 aromatic rings. The predicted molar refractivity (Wildman–Crippen MR) is 117 cm³/mol. The van der Waals surface area contributed by atoms with Gasteiger partial charge in [-0.05, 0) is 48.6 Å². The molecule has 1 saturated heterocycles. The Kier molecular flexibility index (Phi) is 5.36. The average Bonchev–Trinajstić information content (AvgIpc) is 3.13. The molecule has 0 radical (unpaired) electrons. The Hall–Kier alpha value is -2.40. The minimum absolute atomic E-state index is 0.222. The Balaban J connectivity index is 1.38. The standard InChI is InChI=1S/C23H27N3OS/c1-4-18-5-7-19(8-6-18)15-21(27)25-9-11-26(12-10-25)23-24-22-17(3)13-16(2)14-20(22)28-23/h5-8,13-14H,4,9-12,15H2,1-3H3. The number of fused-ring (bicyclic) bond motifs is 1. The molecule has 0 saturated carbocycles. The van der Waals surface area contributed by atoms with Gasteiger partial charge in [0.15, 0.2) is 5.13 Å². The number of carbonyl (C=O) groups excluding carboxylic acids is 1. The number of rotatable bonds is 4. The summed E-state index contributed by atoms with van der Waals surface area (Å²) in [6.07, 6.45) is 1.52. The summed E-state index contributed by atoms with van der Waals surface area (Å²) in [6.45, 7) is 9.62. The van der Waals surface area contributed by atoms with E-state index in [2.05, 4.69) is 62.1 Å². The van der Waals surface area contributed by atoms with Crippen molar-refractivity contribution in [2.24, 2.45) is 0 Å². The summed E-state index contributed by atoms with van der Waals surface area (Å²) in [5.41, 5.74) is 6.04. The number of benzene rings is 2. The largest absolute Gasteiger partial charge is 0.345 e. The summed E-state index contributed by atoms with van der Waals surface area (Å²) in [5.74, 6) is 0.222. The first kappa shape index (κ1) is 18.9. The molecule has 4 rings (SSSR count). The first-order chi connectivity index (χ1) is 13.5. The van der Waals surface area contributed by atoms with E-state index >= 15 is 0 Å². The molecule has 146 valence electrons. The Morgan fingerprint density at radius 2 is 1.71 bits per heavy atom. The number of hydrogen-bond acceptors (Lipinski definition) is 4. The van der Waals surface area contributed by atoms with Crippen LogP contribution in [0.1, 0.15) is 29.2 Å². The van der Waals surface area contributed by atoms with Crippen LogP contribution in [0, 0.1) is 13.8 Å². The molecule has 2 aromatic carbocycles. The number of amides is 1. The highest BCUT2D eigenvalue weighted by molar-refractivity contribution is 7.22. The van der Waals surface area contributed by atoms with Gasteiger partial charge in [-0.3, -0.25) is 4.79 Å².